The van der Waals surface area contributed by atoms with Gasteiger partial charge in [0.2, 0.25) is 0 Å². The van der Waals surface area contributed by atoms with Crippen molar-refractivity contribution in [3.8, 4) is 0 Å². The fraction of sp³-hybridized carbons (Fsp3) is 0.308. The van der Waals surface area contributed by atoms with Gasteiger partial charge >= 0.3 is 36.1 Å². The van der Waals surface area contributed by atoms with Crippen molar-refractivity contribution in [2.24, 2.45) is 0 Å². The highest BCUT2D eigenvalue weighted by molar-refractivity contribution is 5.93. The first-order valence-corrected chi connectivity index (χ1v) is 11.6. The summed E-state index contributed by atoms with van der Waals surface area (Å²) in [7, 11) is 0. The highest BCUT2D eigenvalue weighted by Gasteiger charge is 2.24. The number of rotatable bonds is 11. The molecule has 2 rings (SSSR count). The average Bonchev–Trinajstić information content (AvgIpc) is 2.90. The van der Waals surface area contributed by atoms with E-state index in [4.69, 9.17) is 9.47 Å². The Morgan fingerprint density at radius 2 is 0.947 bits per heavy atom. The number of hydrogen-bond acceptors (Lipinski definition) is 10. The molecule has 2 aromatic rings. The van der Waals surface area contributed by atoms with Gasteiger partial charge in [0.25, 0.3) is 0 Å². The zero-order valence-corrected chi connectivity index (χ0v) is 20.8. The Balaban J connectivity index is 1.63. The number of amides is 2. The highest BCUT2D eigenvalue weighted by atomic mass is 16.6. The summed E-state index contributed by atoms with van der Waals surface area (Å²) in [5.41, 5.74) is 1.48. The van der Waals surface area contributed by atoms with Gasteiger partial charge in [-0.2, -0.15) is 0 Å². The Morgan fingerprint density at radius 1 is 0.605 bits per heavy atom. The summed E-state index contributed by atoms with van der Waals surface area (Å²) in [4.78, 5) is 71.3. The summed E-state index contributed by atoms with van der Waals surface area (Å²) in [5.74, 6) is -4.27. The van der Waals surface area contributed by atoms with Crippen LogP contribution in [0.25, 0.3) is 0 Å². The van der Waals surface area contributed by atoms with Crippen LogP contribution in [0.3, 0.4) is 0 Å². The maximum Gasteiger partial charge on any atom is 0.408 e. The fourth-order valence-corrected chi connectivity index (χ4v) is 2.71. The van der Waals surface area contributed by atoms with Gasteiger partial charge in [-0.1, -0.05) is 60.7 Å². The van der Waals surface area contributed by atoms with Crippen molar-refractivity contribution in [1.29, 1.82) is 0 Å². The average molecular weight is 529 g/mol. The van der Waals surface area contributed by atoms with Crippen LogP contribution in [-0.4, -0.2) is 48.1 Å². The molecule has 2 aromatic carbocycles. The SMILES string of the molecule is C[C@H](NC(=O)OCc1ccccc1)C(=O)OC(=O)CCC(=O)OC(=O)[C@H](C)NC(=O)OCc1ccccc1. The standard InChI is InChI=1S/C26H28N2O10/c1-17(27-25(33)35-15-19-9-5-3-6-10-19)23(31)37-21(29)13-14-22(30)38-24(32)18(2)28-26(34)36-16-20-11-7-4-8-12-20/h3-12,17-18H,13-16H2,1-2H3,(H,27,33)(H,28,34)/t17-,18-/m0/s1. The van der Waals surface area contributed by atoms with Gasteiger partial charge in [-0.15, -0.1) is 0 Å². The van der Waals surface area contributed by atoms with Crippen molar-refractivity contribution in [2.45, 2.75) is 52.0 Å². The van der Waals surface area contributed by atoms with E-state index in [1.807, 2.05) is 0 Å². The predicted molar refractivity (Wildman–Crippen MR) is 130 cm³/mol. The molecule has 0 fully saturated rings. The van der Waals surface area contributed by atoms with Crippen LogP contribution >= 0.6 is 0 Å². The van der Waals surface area contributed by atoms with E-state index in [-0.39, 0.29) is 13.2 Å². The van der Waals surface area contributed by atoms with Gasteiger partial charge in [0.1, 0.15) is 25.3 Å². The van der Waals surface area contributed by atoms with Crippen LogP contribution in [0.15, 0.2) is 60.7 Å². The molecule has 0 aromatic heterocycles. The molecule has 0 spiro atoms. The van der Waals surface area contributed by atoms with Crippen LogP contribution in [0, 0.1) is 0 Å². The number of carbonyl (C=O) groups is 6. The van der Waals surface area contributed by atoms with E-state index in [9.17, 15) is 28.8 Å². The van der Waals surface area contributed by atoms with Crippen LogP contribution < -0.4 is 10.6 Å². The topological polar surface area (TPSA) is 163 Å². The second-order valence-electron chi connectivity index (χ2n) is 7.94. The molecule has 2 N–H and O–H groups in total. The molecular weight excluding hydrogens is 500 g/mol. The fourth-order valence-electron chi connectivity index (χ4n) is 2.71. The van der Waals surface area contributed by atoms with Gasteiger partial charge in [0, 0.05) is 0 Å². The number of nitrogens with one attached hydrogen (secondary N) is 2. The molecule has 0 heterocycles. The molecule has 0 saturated carbocycles. The third-order valence-corrected chi connectivity index (χ3v) is 4.76. The number of esters is 4. The minimum Gasteiger partial charge on any atom is -0.445 e. The van der Waals surface area contributed by atoms with Crippen LogP contribution in [-0.2, 0) is 51.3 Å². The Bertz CT molecular complexity index is 1030. The number of alkyl carbamates (subject to hydrolysis) is 2. The summed E-state index contributed by atoms with van der Waals surface area (Å²) in [6.45, 7) is 2.53. The lowest BCUT2D eigenvalue weighted by Crippen LogP contribution is -2.41. The van der Waals surface area contributed by atoms with Gasteiger partial charge in [0.05, 0.1) is 12.8 Å². The minimum absolute atomic E-state index is 0.0167. The van der Waals surface area contributed by atoms with Gasteiger partial charge in [-0.05, 0) is 25.0 Å². The summed E-state index contributed by atoms with van der Waals surface area (Å²) >= 11 is 0. The Morgan fingerprint density at radius 3 is 1.29 bits per heavy atom. The van der Waals surface area contributed by atoms with E-state index in [0.717, 1.165) is 11.1 Å². The molecule has 0 aliphatic heterocycles. The second-order valence-corrected chi connectivity index (χ2v) is 7.94. The Hall–Kier alpha value is -4.74. The number of benzene rings is 2. The largest absolute Gasteiger partial charge is 0.445 e. The lowest BCUT2D eigenvalue weighted by molar-refractivity contribution is -0.166. The van der Waals surface area contributed by atoms with E-state index in [1.54, 1.807) is 60.7 Å². The summed E-state index contributed by atoms with van der Waals surface area (Å²) in [6, 6.07) is 15.3. The van der Waals surface area contributed by atoms with Gasteiger partial charge < -0.3 is 29.6 Å². The molecular formula is C26H28N2O10. The quantitative estimate of drug-likeness (QED) is 0.252. The zero-order chi connectivity index (χ0) is 27.9. The second kappa shape index (κ2) is 15.4. The van der Waals surface area contributed by atoms with Crippen LogP contribution in [0.4, 0.5) is 9.59 Å². The normalized spacial score (nSPS) is 11.7. The molecule has 2 amide bonds. The molecule has 202 valence electrons. The van der Waals surface area contributed by atoms with Gasteiger partial charge in [0.15, 0.2) is 0 Å². The van der Waals surface area contributed by atoms with E-state index in [1.165, 1.54) is 13.8 Å². The number of hydrogen-bond donors (Lipinski definition) is 2. The number of ether oxygens (including phenoxy) is 4. The van der Waals surface area contributed by atoms with E-state index in [2.05, 4.69) is 20.1 Å². The maximum atomic E-state index is 12.0. The van der Waals surface area contributed by atoms with E-state index >= 15 is 0 Å². The Labute approximate surface area is 218 Å². The molecule has 0 saturated heterocycles. The summed E-state index contributed by atoms with van der Waals surface area (Å²) in [6.07, 6.45) is -2.91. The predicted octanol–water partition coefficient (Wildman–Crippen LogP) is 2.54. The highest BCUT2D eigenvalue weighted by Crippen LogP contribution is 2.04. The molecule has 38 heavy (non-hydrogen) atoms. The third-order valence-electron chi connectivity index (χ3n) is 4.76. The van der Waals surface area contributed by atoms with Crippen molar-refractivity contribution >= 4 is 36.1 Å². The first kappa shape index (κ1) is 29.5. The van der Waals surface area contributed by atoms with Gasteiger partial charge in [-0.3, -0.25) is 9.59 Å². The van der Waals surface area contributed by atoms with Crippen LogP contribution in [0.1, 0.15) is 37.8 Å². The molecule has 12 nitrogen and oxygen atoms in total. The lowest BCUT2D eigenvalue weighted by Gasteiger charge is -2.13. The maximum absolute atomic E-state index is 12.0. The van der Waals surface area contributed by atoms with Gasteiger partial charge in [-0.25, -0.2) is 19.2 Å². The first-order valence-electron chi connectivity index (χ1n) is 11.6. The summed E-state index contributed by atoms with van der Waals surface area (Å²) < 4.78 is 19.1. The molecule has 0 aliphatic rings. The van der Waals surface area contributed by atoms with Crippen molar-refractivity contribution in [1.82, 2.24) is 10.6 Å². The summed E-state index contributed by atoms with van der Waals surface area (Å²) in [5, 5.41) is 4.45. The van der Waals surface area contributed by atoms with Crippen molar-refractivity contribution < 1.29 is 47.7 Å². The monoisotopic (exact) mass is 528 g/mol. The van der Waals surface area contributed by atoms with Crippen molar-refractivity contribution in [3.05, 3.63) is 71.8 Å². The third kappa shape index (κ3) is 11.3. The lowest BCUT2D eigenvalue weighted by atomic mass is 10.2. The van der Waals surface area contributed by atoms with Crippen molar-refractivity contribution in [3.63, 3.8) is 0 Å². The number of carbonyl (C=O) groups excluding carboxylic acids is 6. The zero-order valence-electron chi connectivity index (χ0n) is 20.8. The first-order chi connectivity index (χ1) is 18.1. The molecule has 0 bridgehead atoms. The Kier molecular flexibility index (Phi) is 11.9. The molecule has 12 heteroatoms. The van der Waals surface area contributed by atoms with Crippen molar-refractivity contribution in [2.75, 3.05) is 0 Å². The molecule has 0 radical (unpaired) electrons. The van der Waals surface area contributed by atoms with Crippen LogP contribution in [0.2, 0.25) is 0 Å². The smallest absolute Gasteiger partial charge is 0.408 e. The molecule has 2 atom stereocenters. The molecule has 0 aliphatic carbocycles. The van der Waals surface area contributed by atoms with Crippen LogP contribution in [0.5, 0.6) is 0 Å². The minimum atomic E-state index is -1.20. The van der Waals surface area contributed by atoms with E-state index < -0.39 is 61.0 Å². The van der Waals surface area contributed by atoms with E-state index in [0.29, 0.717) is 0 Å². The molecule has 0 unspecified atom stereocenters.